The molecule has 0 spiro atoms. The summed E-state index contributed by atoms with van der Waals surface area (Å²) in [6.07, 6.45) is 5.33. The summed E-state index contributed by atoms with van der Waals surface area (Å²) in [5.41, 5.74) is 6.50. The number of hydrogen-bond acceptors (Lipinski definition) is 6. The molecule has 2 aliphatic rings. The number of carbonyl (C=O) groups excluding carboxylic acids is 2. The smallest absolute Gasteiger partial charge is 0.255 e. The third-order valence-corrected chi connectivity index (χ3v) is 7.21. The normalized spacial score (nSPS) is 15.4. The molecule has 8 heteroatoms. The molecule has 3 N–H and O–H groups in total. The average Bonchev–Trinajstić information content (AvgIpc) is 3.57. The van der Waals surface area contributed by atoms with Gasteiger partial charge in [0, 0.05) is 36.4 Å². The summed E-state index contributed by atoms with van der Waals surface area (Å²) >= 11 is 0. The Hall–Kier alpha value is -4.17. The minimum Gasteiger partial charge on any atom is -0.443 e. The van der Waals surface area contributed by atoms with Crippen molar-refractivity contribution < 1.29 is 14.0 Å². The third-order valence-electron chi connectivity index (χ3n) is 7.21. The van der Waals surface area contributed by atoms with Gasteiger partial charge in [0.05, 0.1) is 11.3 Å². The Labute approximate surface area is 215 Å². The van der Waals surface area contributed by atoms with Gasteiger partial charge >= 0.3 is 0 Å². The second-order valence-electron chi connectivity index (χ2n) is 9.56. The number of aromatic nitrogens is 1. The molecule has 6 rings (SSSR count). The van der Waals surface area contributed by atoms with Crippen LogP contribution in [0.1, 0.15) is 45.5 Å². The first-order valence-corrected chi connectivity index (χ1v) is 12.8. The molecule has 0 atom stereocenters. The number of hydrogen-bond donors (Lipinski definition) is 3. The summed E-state index contributed by atoms with van der Waals surface area (Å²) in [6.45, 7) is 4.64. The number of carbonyl (C=O) groups is 2. The molecule has 0 saturated carbocycles. The number of likely N-dealkylation sites (tertiary alicyclic amines) is 1. The van der Waals surface area contributed by atoms with Crippen LogP contribution in [-0.4, -0.2) is 47.9 Å². The number of amides is 2. The second kappa shape index (κ2) is 10.1. The lowest BCUT2D eigenvalue weighted by Crippen LogP contribution is -2.33. The molecule has 8 nitrogen and oxygen atoms in total. The van der Waals surface area contributed by atoms with Crippen LogP contribution in [0, 0.1) is 0 Å². The number of para-hydroxylation sites is 1. The van der Waals surface area contributed by atoms with E-state index in [-0.39, 0.29) is 11.8 Å². The van der Waals surface area contributed by atoms with Crippen LogP contribution >= 0.6 is 0 Å². The zero-order valence-corrected chi connectivity index (χ0v) is 20.5. The fourth-order valence-electron chi connectivity index (χ4n) is 5.28. The number of oxazole rings is 1. The molecule has 3 aromatic carbocycles. The maximum atomic E-state index is 13.1. The first kappa shape index (κ1) is 23.2. The topological polar surface area (TPSA) is 99.5 Å². The Kier molecular flexibility index (Phi) is 6.32. The van der Waals surface area contributed by atoms with Crippen molar-refractivity contribution in [3.63, 3.8) is 0 Å². The second-order valence-corrected chi connectivity index (χ2v) is 9.56. The number of fused-ring (bicyclic) bond motifs is 2. The Balaban J connectivity index is 1.17. The number of nitrogens with one attached hydrogen (secondary N) is 3. The van der Waals surface area contributed by atoms with E-state index < -0.39 is 0 Å². The van der Waals surface area contributed by atoms with Crippen LogP contribution in [0.25, 0.3) is 22.2 Å². The van der Waals surface area contributed by atoms with E-state index in [2.05, 4.69) is 25.8 Å². The van der Waals surface area contributed by atoms with Gasteiger partial charge in [-0.15, -0.1) is 0 Å². The average molecular weight is 496 g/mol. The fourth-order valence-corrected chi connectivity index (χ4v) is 5.28. The summed E-state index contributed by atoms with van der Waals surface area (Å²) in [7, 11) is 0. The largest absolute Gasteiger partial charge is 0.443 e. The van der Waals surface area contributed by atoms with Crippen molar-refractivity contribution in [3.8, 4) is 11.1 Å². The molecule has 0 radical (unpaired) electrons. The summed E-state index contributed by atoms with van der Waals surface area (Å²) in [5, 5.41) is 9.28. The van der Waals surface area contributed by atoms with E-state index in [1.165, 1.54) is 38.7 Å². The van der Waals surface area contributed by atoms with Gasteiger partial charge in [-0.2, -0.15) is 0 Å². The fraction of sp³-hybridized carbons (Fsp3) is 0.276. The third kappa shape index (κ3) is 4.68. The summed E-state index contributed by atoms with van der Waals surface area (Å²) < 4.78 is 5.61. The van der Waals surface area contributed by atoms with Crippen molar-refractivity contribution in [1.82, 2.24) is 15.2 Å². The maximum absolute atomic E-state index is 13.1. The van der Waals surface area contributed by atoms with Crippen LogP contribution in [0.3, 0.4) is 0 Å². The van der Waals surface area contributed by atoms with Gasteiger partial charge in [-0.1, -0.05) is 24.6 Å². The molecule has 1 fully saturated rings. The highest BCUT2D eigenvalue weighted by atomic mass is 16.3. The summed E-state index contributed by atoms with van der Waals surface area (Å²) in [6, 6.07) is 16.9. The van der Waals surface area contributed by atoms with Crippen molar-refractivity contribution >= 4 is 34.3 Å². The molecule has 4 aromatic rings. The minimum absolute atomic E-state index is 0.204. The molecule has 0 aliphatic carbocycles. The monoisotopic (exact) mass is 495 g/mol. The maximum Gasteiger partial charge on any atom is 0.255 e. The van der Waals surface area contributed by atoms with Gasteiger partial charge in [-0.3, -0.25) is 9.59 Å². The van der Waals surface area contributed by atoms with Crippen LogP contribution in [-0.2, 0) is 6.54 Å². The van der Waals surface area contributed by atoms with E-state index in [1.54, 1.807) is 18.2 Å². The van der Waals surface area contributed by atoms with E-state index >= 15 is 0 Å². The zero-order valence-electron chi connectivity index (χ0n) is 20.5. The predicted octanol–water partition coefficient (Wildman–Crippen LogP) is 4.89. The van der Waals surface area contributed by atoms with E-state index in [9.17, 15) is 9.59 Å². The molecular formula is C29H29N5O3. The SMILES string of the molecule is O=C(Nc1ccc(-c2cccc3ncoc23)c2c1C(=O)NC2)c1ccc(NCCN2CCCCC2)cc1. The molecule has 0 unspecified atom stereocenters. The van der Waals surface area contributed by atoms with Gasteiger partial charge in [0.15, 0.2) is 12.0 Å². The van der Waals surface area contributed by atoms with E-state index in [1.807, 2.05) is 36.4 Å². The Morgan fingerprint density at radius 2 is 1.84 bits per heavy atom. The highest BCUT2D eigenvalue weighted by Crippen LogP contribution is 2.37. The van der Waals surface area contributed by atoms with Gasteiger partial charge in [0.25, 0.3) is 11.8 Å². The lowest BCUT2D eigenvalue weighted by atomic mass is 9.95. The van der Waals surface area contributed by atoms with Crippen molar-refractivity contribution in [3.05, 3.63) is 77.7 Å². The zero-order chi connectivity index (χ0) is 25.2. The number of benzene rings is 3. The quantitative estimate of drug-likeness (QED) is 0.338. The van der Waals surface area contributed by atoms with Crippen LogP contribution in [0.4, 0.5) is 11.4 Å². The van der Waals surface area contributed by atoms with Crippen LogP contribution in [0.15, 0.2) is 65.4 Å². The van der Waals surface area contributed by atoms with E-state index in [0.29, 0.717) is 28.9 Å². The first-order valence-electron chi connectivity index (χ1n) is 12.8. The highest BCUT2D eigenvalue weighted by molar-refractivity contribution is 6.12. The van der Waals surface area contributed by atoms with E-state index in [0.717, 1.165) is 41.0 Å². The molecular weight excluding hydrogens is 466 g/mol. The Morgan fingerprint density at radius 1 is 1.00 bits per heavy atom. The standard InChI is InChI=1S/C29H29N5O3/c35-28(19-7-9-20(10-8-19)30-13-16-34-14-2-1-3-15-34)33-24-12-11-21(23-17-31-29(36)26(23)24)22-5-4-6-25-27(22)37-18-32-25/h4-12,18,30H,1-3,13-17H2,(H,31,36)(H,33,35). The number of nitrogens with zero attached hydrogens (tertiary/aromatic N) is 2. The number of rotatable bonds is 7. The minimum atomic E-state index is -0.258. The van der Waals surface area contributed by atoms with Gasteiger partial charge in [0.1, 0.15) is 5.52 Å². The Bertz CT molecular complexity index is 1450. The molecule has 1 saturated heterocycles. The van der Waals surface area contributed by atoms with Crippen LogP contribution in [0.5, 0.6) is 0 Å². The van der Waals surface area contributed by atoms with Gasteiger partial charge in [-0.05, 0) is 73.5 Å². The number of piperidine rings is 1. The van der Waals surface area contributed by atoms with Crippen molar-refractivity contribution in [2.24, 2.45) is 0 Å². The lowest BCUT2D eigenvalue weighted by molar-refractivity contribution is 0.0966. The lowest BCUT2D eigenvalue weighted by Gasteiger charge is -2.26. The Morgan fingerprint density at radius 3 is 2.68 bits per heavy atom. The predicted molar refractivity (Wildman–Crippen MR) is 144 cm³/mol. The summed E-state index contributed by atoms with van der Waals surface area (Å²) in [4.78, 5) is 32.5. The van der Waals surface area contributed by atoms with Crippen molar-refractivity contribution in [2.75, 3.05) is 36.8 Å². The molecule has 0 bridgehead atoms. The van der Waals surface area contributed by atoms with Crippen molar-refractivity contribution in [1.29, 1.82) is 0 Å². The molecule has 1 aromatic heterocycles. The highest BCUT2D eigenvalue weighted by Gasteiger charge is 2.28. The van der Waals surface area contributed by atoms with Gasteiger partial charge in [0.2, 0.25) is 0 Å². The molecule has 2 amide bonds. The molecule has 37 heavy (non-hydrogen) atoms. The van der Waals surface area contributed by atoms with Crippen molar-refractivity contribution in [2.45, 2.75) is 25.8 Å². The molecule has 2 aliphatic heterocycles. The van der Waals surface area contributed by atoms with Gasteiger partial charge in [-0.25, -0.2) is 4.98 Å². The van der Waals surface area contributed by atoms with E-state index in [4.69, 9.17) is 4.42 Å². The van der Waals surface area contributed by atoms with Crippen LogP contribution in [0.2, 0.25) is 0 Å². The number of anilines is 2. The van der Waals surface area contributed by atoms with Gasteiger partial charge < -0.3 is 25.3 Å². The van der Waals surface area contributed by atoms with Crippen LogP contribution < -0.4 is 16.0 Å². The molecule has 3 heterocycles. The molecule has 188 valence electrons. The summed E-state index contributed by atoms with van der Waals surface area (Å²) in [5.74, 6) is -0.461. The first-order chi connectivity index (χ1) is 18.2.